The van der Waals surface area contributed by atoms with Crippen molar-refractivity contribution in [3.8, 4) is 0 Å². The summed E-state index contributed by atoms with van der Waals surface area (Å²) >= 11 is 6.27. The van der Waals surface area contributed by atoms with Gasteiger partial charge in [0.15, 0.2) is 6.04 Å². The molecule has 0 aliphatic carbocycles. The third-order valence-corrected chi connectivity index (χ3v) is 3.36. The molecule has 0 heterocycles. The largest absolute Gasteiger partial charge is 0.479 e. The Hall–Kier alpha value is -1.75. The number of aliphatic carboxylic acids is 1. The van der Waals surface area contributed by atoms with Crippen LogP contribution in [0.2, 0.25) is 5.02 Å². The number of amides is 1. The molecule has 1 amide bonds. The molecule has 0 aliphatic rings. The molecule has 0 radical (unpaired) electrons. The van der Waals surface area contributed by atoms with Crippen LogP contribution in [-0.4, -0.2) is 22.8 Å². The van der Waals surface area contributed by atoms with Crippen molar-refractivity contribution in [3.63, 3.8) is 0 Å². The molecule has 1 rings (SSSR count). The SMILES string of the molecule is CC(C)(C)OC(=O)NC(C(=O)O)c1ccc(C(C)(C)C)c(Cl)c1. The summed E-state index contributed by atoms with van der Waals surface area (Å²) < 4.78 is 5.10. The van der Waals surface area contributed by atoms with E-state index in [1.165, 1.54) is 0 Å². The van der Waals surface area contributed by atoms with Gasteiger partial charge in [-0.3, -0.25) is 0 Å². The minimum absolute atomic E-state index is 0.160. The van der Waals surface area contributed by atoms with Gasteiger partial charge in [0.05, 0.1) is 0 Å². The molecular weight excluding hydrogens is 318 g/mol. The van der Waals surface area contributed by atoms with Crippen LogP contribution in [0.5, 0.6) is 0 Å². The van der Waals surface area contributed by atoms with E-state index in [0.717, 1.165) is 5.56 Å². The predicted octanol–water partition coefficient (Wildman–Crippen LogP) is 4.29. The first-order chi connectivity index (χ1) is 10.3. The van der Waals surface area contributed by atoms with Gasteiger partial charge in [0.1, 0.15) is 5.60 Å². The van der Waals surface area contributed by atoms with Gasteiger partial charge in [-0.15, -0.1) is 0 Å². The lowest BCUT2D eigenvalue weighted by Crippen LogP contribution is -2.38. The predicted molar refractivity (Wildman–Crippen MR) is 89.9 cm³/mol. The highest BCUT2D eigenvalue weighted by Gasteiger charge is 2.27. The van der Waals surface area contributed by atoms with Gasteiger partial charge in [-0.2, -0.15) is 0 Å². The maximum absolute atomic E-state index is 11.8. The fraction of sp³-hybridized carbons (Fsp3) is 0.529. The number of nitrogens with one attached hydrogen (secondary N) is 1. The fourth-order valence-corrected chi connectivity index (χ4v) is 2.50. The Balaban J connectivity index is 3.06. The van der Waals surface area contributed by atoms with E-state index in [4.69, 9.17) is 16.3 Å². The van der Waals surface area contributed by atoms with E-state index < -0.39 is 23.7 Å². The third-order valence-electron chi connectivity index (χ3n) is 3.04. The van der Waals surface area contributed by atoms with Crippen LogP contribution in [-0.2, 0) is 14.9 Å². The van der Waals surface area contributed by atoms with Crippen LogP contribution in [0.3, 0.4) is 0 Å². The van der Waals surface area contributed by atoms with Crippen molar-refractivity contribution in [2.45, 2.75) is 58.6 Å². The Morgan fingerprint density at radius 3 is 2.13 bits per heavy atom. The van der Waals surface area contributed by atoms with Crippen molar-refractivity contribution >= 4 is 23.7 Å². The molecule has 0 saturated carbocycles. The molecule has 0 aliphatic heterocycles. The fourth-order valence-electron chi connectivity index (χ4n) is 2.03. The third kappa shape index (κ3) is 5.75. The first-order valence-corrected chi connectivity index (χ1v) is 7.71. The maximum Gasteiger partial charge on any atom is 0.408 e. The summed E-state index contributed by atoms with van der Waals surface area (Å²) in [4.78, 5) is 23.3. The number of hydrogen-bond acceptors (Lipinski definition) is 3. The molecule has 0 fully saturated rings. The molecule has 0 bridgehead atoms. The van der Waals surface area contributed by atoms with Crippen LogP contribution in [0.25, 0.3) is 0 Å². The maximum atomic E-state index is 11.8. The summed E-state index contributed by atoms with van der Waals surface area (Å²) in [5, 5.41) is 12.2. The van der Waals surface area contributed by atoms with Gasteiger partial charge in [0.2, 0.25) is 0 Å². The summed E-state index contributed by atoms with van der Waals surface area (Å²) in [6.07, 6.45) is -0.791. The first kappa shape index (κ1) is 19.3. The number of carboxylic acids is 1. The summed E-state index contributed by atoms with van der Waals surface area (Å²) in [6.45, 7) is 11.2. The Kier molecular flexibility index (Phi) is 5.69. The molecule has 0 aromatic heterocycles. The van der Waals surface area contributed by atoms with E-state index >= 15 is 0 Å². The van der Waals surface area contributed by atoms with Crippen molar-refractivity contribution in [3.05, 3.63) is 34.3 Å². The zero-order valence-corrected chi connectivity index (χ0v) is 15.1. The van der Waals surface area contributed by atoms with E-state index in [1.807, 2.05) is 20.8 Å². The molecule has 1 aromatic carbocycles. The summed E-state index contributed by atoms with van der Waals surface area (Å²) in [7, 11) is 0. The van der Waals surface area contributed by atoms with Gasteiger partial charge < -0.3 is 15.2 Å². The average molecular weight is 342 g/mol. The second-order valence-corrected chi connectivity index (χ2v) is 7.81. The summed E-state index contributed by atoms with van der Waals surface area (Å²) in [5.41, 5.74) is 0.430. The summed E-state index contributed by atoms with van der Waals surface area (Å²) in [5.74, 6) is -1.18. The van der Waals surface area contributed by atoms with E-state index in [1.54, 1.807) is 39.0 Å². The number of benzene rings is 1. The number of carboxylic acid groups (broad SMARTS) is 1. The number of carbonyl (C=O) groups is 2. The zero-order valence-electron chi connectivity index (χ0n) is 14.4. The minimum Gasteiger partial charge on any atom is -0.479 e. The van der Waals surface area contributed by atoms with Crippen molar-refractivity contribution in [2.24, 2.45) is 0 Å². The van der Waals surface area contributed by atoms with Gasteiger partial charge >= 0.3 is 12.1 Å². The van der Waals surface area contributed by atoms with E-state index in [-0.39, 0.29) is 5.41 Å². The van der Waals surface area contributed by atoms with Gasteiger partial charge in [0.25, 0.3) is 0 Å². The topological polar surface area (TPSA) is 75.6 Å². The first-order valence-electron chi connectivity index (χ1n) is 7.33. The van der Waals surface area contributed by atoms with E-state index in [0.29, 0.717) is 10.6 Å². The number of hydrogen-bond donors (Lipinski definition) is 2. The van der Waals surface area contributed by atoms with Crippen molar-refractivity contribution in [2.75, 3.05) is 0 Å². The van der Waals surface area contributed by atoms with Crippen molar-refractivity contribution < 1.29 is 19.4 Å². The average Bonchev–Trinajstić information content (AvgIpc) is 2.31. The van der Waals surface area contributed by atoms with Gasteiger partial charge in [-0.25, -0.2) is 9.59 Å². The van der Waals surface area contributed by atoms with Crippen molar-refractivity contribution in [1.82, 2.24) is 5.32 Å². The molecular formula is C17H24ClNO4. The monoisotopic (exact) mass is 341 g/mol. The molecule has 23 heavy (non-hydrogen) atoms. The van der Waals surface area contributed by atoms with Gasteiger partial charge in [-0.05, 0) is 43.4 Å². The molecule has 128 valence electrons. The number of alkyl carbamates (subject to hydrolysis) is 1. The number of carbonyl (C=O) groups excluding carboxylic acids is 1. The van der Waals surface area contributed by atoms with Crippen LogP contribution in [0.1, 0.15) is 58.7 Å². The second-order valence-electron chi connectivity index (χ2n) is 7.41. The Labute approximate surface area is 142 Å². The van der Waals surface area contributed by atoms with Crippen molar-refractivity contribution in [1.29, 1.82) is 0 Å². The lowest BCUT2D eigenvalue weighted by Gasteiger charge is -2.24. The van der Waals surface area contributed by atoms with Crippen LogP contribution >= 0.6 is 11.6 Å². The standard InChI is InChI=1S/C17H24ClNO4/c1-16(2,3)11-8-7-10(9-12(11)18)13(14(20)21)19-15(22)23-17(4,5)6/h7-9,13H,1-6H3,(H,19,22)(H,20,21). The zero-order chi connectivity index (χ0) is 18.0. The number of rotatable bonds is 3. The Morgan fingerprint density at radius 2 is 1.74 bits per heavy atom. The molecule has 5 nitrogen and oxygen atoms in total. The van der Waals surface area contributed by atoms with Crippen LogP contribution in [0.15, 0.2) is 18.2 Å². The van der Waals surface area contributed by atoms with E-state index in [2.05, 4.69) is 5.32 Å². The molecule has 1 atom stereocenters. The molecule has 1 unspecified atom stereocenters. The number of ether oxygens (including phenoxy) is 1. The smallest absolute Gasteiger partial charge is 0.408 e. The summed E-state index contributed by atoms with van der Waals surface area (Å²) in [6, 6.07) is 3.78. The van der Waals surface area contributed by atoms with Gasteiger partial charge in [0, 0.05) is 5.02 Å². The molecule has 1 aromatic rings. The highest BCUT2D eigenvalue weighted by atomic mass is 35.5. The quantitative estimate of drug-likeness (QED) is 0.860. The highest BCUT2D eigenvalue weighted by molar-refractivity contribution is 6.31. The van der Waals surface area contributed by atoms with Crippen LogP contribution in [0.4, 0.5) is 4.79 Å². The van der Waals surface area contributed by atoms with Crippen LogP contribution in [0, 0.1) is 0 Å². The minimum atomic E-state index is -1.23. The Bertz CT molecular complexity index is 600. The molecule has 0 saturated heterocycles. The number of halogens is 1. The van der Waals surface area contributed by atoms with Crippen LogP contribution < -0.4 is 5.32 Å². The normalized spacial score (nSPS) is 13.3. The second kappa shape index (κ2) is 6.79. The Morgan fingerprint density at radius 1 is 1.17 bits per heavy atom. The lowest BCUT2D eigenvalue weighted by molar-refractivity contribution is -0.139. The van der Waals surface area contributed by atoms with E-state index in [9.17, 15) is 14.7 Å². The van der Waals surface area contributed by atoms with Gasteiger partial charge in [-0.1, -0.05) is 44.5 Å². The molecule has 6 heteroatoms. The lowest BCUT2D eigenvalue weighted by atomic mass is 9.86. The highest BCUT2D eigenvalue weighted by Crippen LogP contribution is 2.31. The molecule has 0 spiro atoms. The molecule has 2 N–H and O–H groups in total.